The van der Waals surface area contributed by atoms with Crippen molar-refractivity contribution in [2.24, 2.45) is 0 Å². The van der Waals surface area contributed by atoms with Crippen molar-refractivity contribution in [2.75, 3.05) is 18.9 Å². The van der Waals surface area contributed by atoms with Gasteiger partial charge in [0.1, 0.15) is 0 Å². The van der Waals surface area contributed by atoms with E-state index < -0.39 is 0 Å². The molecule has 1 saturated heterocycles. The van der Waals surface area contributed by atoms with E-state index in [1.165, 1.54) is 6.92 Å². The lowest BCUT2D eigenvalue weighted by molar-refractivity contribution is 0.0854. The molecule has 1 fully saturated rings. The first kappa shape index (κ1) is 11.1. The molecule has 0 unspecified atom stereocenters. The highest BCUT2D eigenvalue weighted by atomic mass is 16.5. The molecule has 0 aliphatic carbocycles. The maximum atomic E-state index is 11.4. The van der Waals surface area contributed by atoms with E-state index in [0.717, 1.165) is 31.6 Å². The van der Waals surface area contributed by atoms with Gasteiger partial charge in [-0.3, -0.25) is 9.78 Å². The molecule has 0 radical (unpaired) electrons. The predicted molar refractivity (Wildman–Crippen MR) is 61.4 cm³/mol. The van der Waals surface area contributed by atoms with Crippen LogP contribution in [0.25, 0.3) is 0 Å². The smallest absolute Gasteiger partial charge is 0.163 e. The number of rotatable bonds is 2. The fourth-order valence-electron chi connectivity index (χ4n) is 2.10. The molecule has 4 heteroatoms. The highest BCUT2D eigenvalue weighted by Crippen LogP contribution is 2.31. The van der Waals surface area contributed by atoms with Gasteiger partial charge in [-0.15, -0.1) is 0 Å². The molecular formula is C12H16N2O2. The fraction of sp³-hybridized carbons (Fsp3) is 0.500. The van der Waals surface area contributed by atoms with Gasteiger partial charge >= 0.3 is 0 Å². The summed E-state index contributed by atoms with van der Waals surface area (Å²) in [4.78, 5) is 15.5. The van der Waals surface area contributed by atoms with Gasteiger partial charge in [-0.1, -0.05) is 0 Å². The van der Waals surface area contributed by atoms with E-state index in [-0.39, 0.29) is 5.78 Å². The van der Waals surface area contributed by atoms with Gasteiger partial charge in [0.25, 0.3) is 0 Å². The Bertz CT molecular complexity index is 398. The molecule has 1 aromatic rings. The Morgan fingerprint density at radius 2 is 2.12 bits per heavy atom. The molecule has 0 aromatic carbocycles. The van der Waals surface area contributed by atoms with Crippen LogP contribution in [-0.4, -0.2) is 24.0 Å². The Hall–Kier alpha value is -1.42. The number of anilines is 1. The van der Waals surface area contributed by atoms with Crippen molar-refractivity contribution in [3.63, 3.8) is 0 Å². The summed E-state index contributed by atoms with van der Waals surface area (Å²) in [6.45, 7) is 3.03. The molecule has 0 atom stereocenters. The second-order valence-electron chi connectivity index (χ2n) is 4.13. The van der Waals surface area contributed by atoms with E-state index in [2.05, 4.69) is 4.98 Å². The summed E-state index contributed by atoms with van der Waals surface area (Å²) in [7, 11) is 0. The van der Waals surface area contributed by atoms with Crippen molar-refractivity contribution in [1.82, 2.24) is 4.98 Å². The van der Waals surface area contributed by atoms with Gasteiger partial charge in [-0.2, -0.15) is 0 Å². The minimum atomic E-state index is -0.0288. The van der Waals surface area contributed by atoms with Gasteiger partial charge in [-0.05, 0) is 31.2 Å². The first-order valence-corrected chi connectivity index (χ1v) is 5.52. The molecule has 1 aliphatic heterocycles. The Balaban J connectivity index is 2.33. The number of ether oxygens (including phenoxy) is 1. The molecule has 2 heterocycles. The number of carbonyl (C=O) groups excluding carboxylic acids is 1. The van der Waals surface area contributed by atoms with Crippen molar-refractivity contribution in [2.45, 2.75) is 25.7 Å². The lowest BCUT2D eigenvalue weighted by atomic mass is 9.90. The summed E-state index contributed by atoms with van der Waals surface area (Å²) in [5, 5.41) is 0. The number of carbonyl (C=O) groups is 1. The Labute approximate surface area is 94.8 Å². The maximum absolute atomic E-state index is 11.4. The topological polar surface area (TPSA) is 65.2 Å². The number of Topliss-reactive ketones (excluding diaryl/α,β-unsaturated/α-hetero) is 1. The lowest BCUT2D eigenvalue weighted by Gasteiger charge is -2.23. The van der Waals surface area contributed by atoms with Crippen molar-refractivity contribution in [1.29, 1.82) is 0 Å². The van der Waals surface area contributed by atoms with Gasteiger partial charge in [-0.25, -0.2) is 0 Å². The van der Waals surface area contributed by atoms with Crippen LogP contribution in [0.4, 0.5) is 5.69 Å². The standard InChI is InChI=1S/C12H16N2O2/c1-8(15)10-6-14-7-11(12(10)13)9-2-4-16-5-3-9/h6-7,9H,2-5H2,1H3,(H2,13,14). The number of hydrogen-bond acceptors (Lipinski definition) is 4. The van der Waals surface area contributed by atoms with Crippen LogP contribution in [-0.2, 0) is 4.74 Å². The number of nitrogens with zero attached hydrogens (tertiary/aromatic N) is 1. The zero-order chi connectivity index (χ0) is 11.5. The highest BCUT2D eigenvalue weighted by Gasteiger charge is 2.20. The fourth-order valence-corrected chi connectivity index (χ4v) is 2.10. The van der Waals surface area contributed by atoms with E-state index in [1.54, 1.807) is 12.4 Å². The van der Waals surface area contributed by atoms with Crippen LogP contribution < -0.4 is 5.73 Å². The van der Waals surface area contributed by atoms with E-state index in [9.17, 15) is 4.79 Å². The summed E-state index contributed by atoms with van der Waals surface area (Å²) < 4.78 is 5.31. The quantitative estimate of drug-likeness (QED) is 0.771. The molecule has 1 aliphatic rings. The van der Waals surface area contributed by atoms with Crippen LogP contribution in [0.2, 0.25) is 0 Å². The molecule has 0 spiro atoms. The lowest BCUT2D eigenvalue weighted by Crippen LogP contribution is -2.16. The summed E-state index contributed by atoms with van der Waals surface area (Å²) in [5.41, 5.74) is 8.13. The maximum Gasteiger partial charge on any atom is 0.163 e. The molecule has 0 bridgehead atoms. The second kappa shape index (κ2) is 4.61. The number of nitrogen functional groups attached to an aromatic ring is 1. The first-order valence-electron chi connectivity index (χ1n) is 5.52. The SMILES string of the molecule is CC(=O)c1cncc(C2CCOCC2)c1N. The average Bonchev–Trinajstić information content (AvgIpc) is 2.30. The number of ketones is 1. The van der Waals surface area contributed by atoms with E-state index >= 15 is 0 Å². The minimum absolute atomic E-state index is 0.0288. The molecular weight excluding hydrogens is 204 g/mol. The van der Waals surface area contributed by atoms with Gasteiger partial charge in [0.05, 0.1) is 5.56 Å². The molecule has 0 amide bonds. The van der Waals surface area contributed by atoms with E-state index in [4.69, 9.17) is 10.5 Å². The molecule has 2 rings (SSSR count). The predicted octanol–water partition coefficient (Wildman–Crippen LogP) is 1.76. The van der Waals surface area contributed by atoms with Crippen LogP contribution in [0.15, 0.2) is 12.4 Å². The third-order valence-corrected chi connectivity index (χ3v) is 3.06. The van der Waals surface area contributed by atoms with Crippen molar-refractivity contribution in [3.8, 4) is 0 Å². The summed E-state index contributed by atoms with van der Waals surface area (Å²) >= 11 is 0. The van der Waals surface area contributed by atoms with Crippen LogP contribution in [0.5, 0.6) is 0 Å². The van der Waals surface area contributed by atoms with Crippen LogP contribution in [0.1, 0.15) is 41.6 Å². The normalized spacial score (nSPS) is 17.3. The van der Waals surface area contributed by atoms with Gasteiger partial charge in [0.15, 0.2) is 5.78 Å². The largest absolute Gasteiger partial charge is 0.398 e. The third kappa shape index (κ3) is 2.07. The summed E-state index contributed by atoms with van der Waals surface area (Å²) in [6.07, 6.45) is 5.22. The third-order valence-electron chi connectivity index (χ3n) is 3.06. The second-order valence-corrected chi connectivity index (χ2v) is 4.13. The Morgan fingerprint density at radius 1 is 1.44 bits per heavy atom. The number of nitrogens with two attached hydrogens (primary N) is 1. The monoisotopic (exact) mass is 220 g/mol. The highest BCUT2D eigenvalue weighted by molar-refractivity contribution is 5.99. The van der Waals surface area contributed by atoms with E-state index in [1.807, 2.05) is 0 Å². The molecule has 16 heavy (non-hydrogen) atoms. The minimum Gasteiger partial charge on any atom is -0.398 e. The van der Waals surface area contributed by atoms with Crippen molar-refractivity contribution in [3.05, 3.63) is 23.5 Å². The van der Waals surface area contributed by atoms with Crippen molar-refractivity contribution < 1.29 is 9.53 Å². The molecule has 86 valence electrons. The Morgan fingerprint density at radius 3 is 2.75 bits per heavy atom. The average molecular weight is 220 g/mol. The first-order chi connectivity index (χ1) is 7.70. The van der Waals surface area contributed by atoms with Crippen LogP contribution in [0, 0.1) is 0 Å². The van der Waals surface area contributed by atoms with Crippen molar-refractivity contribution >= 4 is 11.5 Å². The van der Waals surface area contributed by atoms with Crippen LogP contribution >= 0.6 is 0 Å². The van der Waals surface area contributed by atoms with Gasteiger partial charge < -0.3 is 10.5 Å². The zero-order valence-electron chi connectivity index (χ0n) is 9.40. The van der Waals surface area contributed by atoms with Crippen LogP contribution in [0.3, 0.4) is 0 Å². The number of aromatic nitrogens is 1. The van der Waals surface area contributed by atoms with E-state index in [0.29, 0.717) is 17.2 Å². The molecule has 0 saturated carbocycles. The summed E-state index contributed by atoms with van der Waals surface area (Å²) in [6, 6.07) is 0. The van der Waals surface area contributed by atoms with Gasteiger partial charge in [0.2, 0.25) is 0 Å². The molecule has 2 N–H and O–H groups in total. The molecule has 4 nitrogen and oxygen atoms in total. The number of hydrogen-bond donors (Lipinski definition) is 1. The zero-order valence-corrected chi connectivity index (χ0v) is 9.40. The number of pyridine rings is 1. The summed E-state index contributed by atoms with van der Waals surface area (Å²) in [5.74, 6) is 0.347. The van der Waals surface area contributed by atoms with Gasteiger partial charge in [0, 0.05) is 31.3 Å². The molecule has 1 aromatic heterocycles. The Kier molecular flexibility index (Phi) is 3.19.